The molecule has 5 heteroatoms. The molecule has 3 aliphatic heterocycles. The summed E-state index contributed by atoms with van der Waals surface area (Å²) in [6, 6.07) is 11.7. The number of nitrogens with zero attached hydrogens (tertiary/aromatic N) is 1. The molecule has 2 aromatic rings. The van der Waals surface area contributed by atoms with Gasteiger partial charge in [-0.2, -0.15) is 0 Å². The van der Waals surface area contributed by atoms with E-state index in [0.29, 0.717) is 12.0 Å². The van der Waals surface area contributed by atoms with Gasteiger partial charge in [-0.1, -0.05) is 30.3 Å². The van der Waals surface area contributed by atoms with E-state index in [1.165, 1.54) is 25.9 Å². The largest absolute Gasteiger partial charge is 1.00 e. The third-order valence-corrected chi connectivity index (χ3v) is 5.12. The van der Waals surface area contributed by atoms with Crippen molar-refractivity contribution in [3.05, 3.63) is 42.0 Å². The average Bonchev–Trinajstić information content (AvgIpc) is 2.55. The van der Waals surface area contributed by atoms with Crippen LogP contribution in [0.5, 0.6) is 0 Å². The SMILES string of the molecule is O=C([O-])c1cccc2cccc(N[C@@H]3CN4CCC3CC4)c12.[Na+]. The maximum Gasteiger partial charge on any atom is 1.00 e. The fourth-order valence-electron chi connectivity index (χ4n) is 3.96. The topological polar surface area (TPSA) is 55.4 Å². The Morgan fingerprint density at radius 1 is 1.13 bits per heavy atom. The molecule has 3 saturated heterocycles. The second kappa shape index (κ2) is 6.81. The van der Waals surface area contributed by atoms with Crippen LogP contribution in [0.1, 0.15) is 23.2 Å². The van der Waals surface area contributed by atoms with Crippen molar-refractivity contribution >= 4 is 22.4 Å². The van der Waals surface area contributed by atoms with Crippen molar-refractivity contribution in [3.8, 4) is 0 Å². The molecular weight excluding hydrogens is 299 g/mol. The van der Waals surface area contributed by atoms with Gasteiger partial charge in [-0.3, -0.25) is 0 Å². The summed E-state index contributed by atoms with van der Waals surface area (Å²) in [4.78, 5) is 13.9. The predicted molar refractivity (Wildman–Crippen MR) is 84.9 cm³/mol. The molecule has 1 N–H and O–H groups in total. The number of hydrogen-bond acceptors (Lipinski definition) is 4. The number of carbonyl (C=O) groups is 1. The van der Waals surface area contributed by atoms with Gasteiger partial charge in [0.2, 0.25) is 0 Å². The van der Waals surface area contributed by atoms with Crippen LogP contribution in [0.25, 0.3) is 10.8 Å². The molecule has 0 saturated carbocycles. The monoisotopic (exact) mass is 318 g/mol. The number of piperidine rings is 3. The zero-order valence-corrected chi connectivity index (χ0v) is 15.4. The number of hydrogen-bond donors (Lipinski definition) is 1. The van der Waals surface area contributed by atoms with E-state index in [1.54, 1.807) is 12.1 Å². The maximum absolute atomic E-state index is 11.4. The third kappa shape index (κ3) is 3.13. The molecule has 0 amide bonds. The van der Waals surface area contributed by atoms with Crippen molar-refractivity contribution in [2.75, 3.05) is 25.0 Å². The fraction of sp³-hybridized carbons (Fsp3) is 0.389. The minimum absolute atomic E-state index is 0. The van der Waals surface area contributed by atoms with E-state index in [0.717, 1.165) is 23.0 Å². The van der Waals surface area contributed by atoms with E-state index in [4.69, 9.17) is 0 Å². The standard InChI is InChI=1S/C18H20N2O2.Na/c21-18(22)14-5-1-3-13-4-2-6-15(17(13)14)19-16-11-20-9-7-12(16)8-10-20;/h1-6,12,16,19H,7-11H2,(H,21,22);/q;+1/p-1/t16-;/m1./s1. The molecule has 114 valence electrons. The van der Waals surface area contributed by atoms with Crippen molar-refractivity contribution < 1.29 is 39.5 Å². The van der Waals surface area contributed by atoms with E-state index in [9.17, 15) is 9.90 Å². The summed E-state index contributed by atoms with van der Waals surface area (Å²) < 4.78 is 0. The van der Waals surface area contributed by atoms with Crippen LogP contribution in [-0.4, -0.2) is 36.5 Å². The molecule has 2 aromatic carbocycles. The maximum atomic E-state index is 11.4. The van der Waals surface area contributed by atoms with Crippen LogP contribution < -0.4 is 40.0 Å². The zero-order valence-electron chi connectivity index (χ0n) is 13.4. The van der Waals surface area contributed by atoms with Gasteiger partial charge in [-0.25, -0.2) is 0 Å². The van der Waals surface area contributed by atoms with E-state index in [-0.39, 0.29) is 35.1 Å². The summed E-state index contributed by atoms with van der Waals surface area (Å²) in [6.45, 7) is 3.44. The Hall–Kier alpha value is -1.07. The van der Waals surface area contributed by atoms with E-state index >= 15 is 0 Å². The molecule has 5 rings (SSSR count). The van der Waals surface area contributed by atoms with Crippen molar-refractivity contribution in [3.63, 3.8) is 0 Å². The van der Waals surface area contributed by atoms with Crippen molar-refractivity contribution in [2.24, 2.45) is 5.92 Å². The van der Waals surface area contributed by atoms with Crippen molar-refractivity contribution in [1.82, 2.24) is 4.90 Å². The van der Waals surface area contributed by atoms with Gasteiger partial charge in [-0.15, -0.1) is 0 Å². The van der Waals surface area contributed by atoms with Gasteiger partial charge in [0.1, 0.15) is 0 Å². The summed E-state index contributed by atoms with van der Waals surface area (Å²) in [5.74, 6) is -0.427. The van der Waals surface area contributed by atoms with Crippen LogP contribution in [0.4, 0.5) is 5.69 Å². The number of aromatic carboxylic acids is 1. The van der Waals surface area contributed by atoms with Gasteiger partial charge in [0.05, 0.1) is 5.97 Å². The quantitative estimate of drug-likeness (QED) is 0.716. The summed E-state index contributed by atoms with van der Waals surface area (Å²) in [6.07, 6.45) is 2.46. The minimum Gasteiger partial charge on any atom is -0.545 e. The summed E-state index contributed by atoms with van der Waals surface area (Å²) in [7, 11) is 0. The summed E-state index contributed by atoms with van der Waals surface area (Å²) in [5, 5.41) is 16.8. The van der Waals surface area contributed by atoms with Gasteiger partial charge in [-0.05, 0) is 43.3 Å². The normalized spacial score (nSPS) is 25.8. The van der Waals surface area contributed by atoms with Gasteiger partial charge in [0, 0.05) is 29.2 Å². The Kier molecular flexibility index (Phi) is 4.97. The van der Waals surface area contributed by atoms with Crippen molar-refractivity contribution in [1.29, 1.82) is 0 Å². The second-order valence-electron chi connectivity index (χ2n) is 6.39. The average molecular weight is 318 g/mol. The molecule has 0 aliphatic carbocycles. The van der Waals surface area contributed by atoms with E-state index < -0.39 is 5.97 Å². The first-order valence-electron chi connectivity index (χ1n) is 7.94. The van der Waals surface area contributed by atoms with Crippen LogP contribution in [-0.2, 0) is 0 Å². The first-order valence-corrected chi connectivity index (χ1v) is 7.94. The second-order valence-corrected chi connectivity index (χ2v) is 6.39. The minimum atomic E-state index is -1.12. The number of nitrogens with one attached hydrogen (secondary N) is 1. The van der Waals surface area contributed by atoms with E-state index in [2.05, 4.69) is 10.2 Å². The van der Waals surface area contributed by atoms with Crippen LogP contribution in [0.2, 0.25) is 0 Å². The first-order chi connectivity index (χ1) is 10.7. The van der Waals surface area contributed by atoms with Crippen molar-refractivity contribution in [2.45, 2.75) is 18.9 Å². The Bertz CT molecular complexity index is 721. The van der Waals surface area contributed by atoms with Gasteiger partial charge >= 0.3 is 29.6 Å². The molecule has 3 fully saturated rings. The number of rotatable bonds is 3. The van der Waals surface area contributed by atoms with Gasteiger partial charge in [0.15, 0.2) is 0 Å². The fourth-order valence-corrected chi connectivity index (χ4v) is 3.96. The number of carboxylic acids is 1. The van der Waals surface area contributed by atoms with E-state index in [1.807, 2.05) is 24.3 Å². The third-order valence-electron chi connectivity index (χ3n) is 5.12. The molecule has 23 heavy (non-hydrogen) atoms. The molecule has 3 heterocycles. The number of fused-ring (bicyclic) bond motifs is 4. The van der Waals surface area contributed by atoms with Gasteiger partial charge < -0.3 is 20.1 Å². The molecule has 0 radical (unpaired) electrons. The Morgan fingerprint density at radius 2 is 1.83 bits per heavy atom. The zero-order chi connectivity index (χ0) is 15.1. The molecule has 0 aromatic heterocycles. The van der Waals surface area contributed by atoms with Crippen LogP contribution in [0.3, 0.4) is 0 Å². The Labute approximate surface area is 158 Å². The number of carbonyl (C=O) groups excluding carboxylic acids is 1. The summed E-state index contributed by atoms with van der Waals surface area (Å²) in [5.41, 5.74) is 1.18. The molecule has 0 spiro atoms. The number of carboxylic acid groups (broad SMARTS) is 1. The molecule has 1 atom stereocenters. The molecular formula is C18H19N2NaO2. The smallest absolute Gasteiger partial charge is 0.545 e. The molecule has 3 aliphatic rings. The number of anilines is 1. The summed E-state index contributed by atoms with van der Waals surface area (Å²) >= 11 is 0. The Balaban J connectivity index is 0.00000156. The van der Waals surface area contributed by atoms with Crippen LogP contribution in [0, 0.1) is 5.92 Å². The van der Waals surface area contributed by atoms with Crippen LogP contribution in [0.15, 0.2) is 36.4 Å². The number of benzene rings is 2. The van der Waals surface area contributed by atoms with Crippen LogP contribution >= 0.6 is 0 Å². The molecule has 4 nitrogen and oxygen atoms in total. The van der Waals surface area contributed by atoms with Gasteiger partial charge in [0.25, 0.3) is 0 Å². The molecule has 2 bridgehead atoms. The molecule has 0 unspecified atom stereocenters. The first kappa shape index (κ1) is 16.8. The Morgan fingerprint density at radius 3 is 2.43 bits per heavy atom. The predicted octanol–water partition coefficient (Wildman–Crippen LogP) is -1.29.